The lowest BCUT2D eigenvalue weighted by molar-refractivity contribution is -0.133. The zero-order valence-corrected chi connectivity index (χ0v) is 16.1. The molecule has 1 aliphatic heterocycles. The molecule has 4 nitrogen and oxygen atoms in total. The van der Waals surface area contributed by atoms with Crippen LogP contribution in [0.3, 0.4) is 0 Å². The summed E-state index contributed by atoms with van der Waals surface area (Å²) < 4.78 is 12.9. The Morgan fingerprint density at radius 2 is 1.60 bits per heavy atom. The molecule has 0 bridgehead atoms. The van der Waals surface area contributed by atoms with Gasteiger partial charge in [-0.2, -0.15) is 0 Å². The number of carbonyl (C=O) groups is 2. The minimum Gasteiger partial charge on any atom is -0.340 e. The molecule has 1 saturated heterocycles. The molecule has 140 valence electrons. The molecule has 0 unspecified atom stereocenters. The topological polar surface area (TPSA) is 40.6 Å². The van der Waals surface area contributed by atoms with Crippen LogP contribution in [0.2, 0.25) is 0 Å². The van der Waals surface area contributed by atoms with Gasteiger partial charge in [0.05, 0.1) is 0 Å². The maximum Gasteiger partial charge on any atom is 0.223 e. The van der Waals surface area contributed by atoms with E-state index >= 15 is 0 Å². The van der Waals surface area contributed by atoms with Gasteiger partial charge in [-0.15, -0.1) is 12.4 Å². The fourth-order valence-corrected chi connectivity index (χ4v) is 2.94. The Hall–Kier alpha value is -1.46. The Bertz CT molecular complexity index is 582. The van der Waals surface area contributed by atoms with Gasteiger partial charge in [0.1, 0.15) is 5.82 Å². The van der Waals surface area contributed by atoms with Gasteiger partial charge in [-0.25, -0.2) is 4.39 Å². The van der Waals surface area contributed by atoms with E-state index in [1.807, 2.05) is 4.90 Å². The van der Waals surface area contributed by atoms with Gasteiger partial charge in [-0.3, -0.25) is 14.5 Å². The zero-order chi connectivity index (χ0) is 17.7. The number of nitrogens with zero attached hydrogens (tertiary/aromatic N) is 2. The van der Waals surface area contributed by atoms with Crippen molar-refractivity contribution < 1.29 is 14.0 Å². The van der Waals surface area contributed by atoms with Crippen molar-refractivity contribution >= 4 is 24.1 Å². The molecule has 0 atom stereocenters. The SMILES string of the molecule is CCC(C)(C)N1CCN(C(=O)CCC(=O)c2ccc(F)cc2)CC1.Cl. The molecule has 1 fully saturated rings. The highest BCUT2D eigenvalue weighted by molar-refractivity contribution is 5.97. The van der Waals surface area contributed by atoms with E-state index in [-0.39, 0.29) is 48.3 Å². The highest BCUT2D eigenvalue weighted by atomic mass is 35.5. The molecule has 0 N–H and O–H groups in total. The summed E-state index contributed by atoms with van der Waals surface area (Å²) in [6, 6.07) is 5.47. The second-order valence-electron chi connectivity index (χ2n) is 6.96. The van der Waals surface area contributed by atoms with Gasteiger partial charge in [0, 0.05) is 50.1 Å². The van der Waals surface area contributed by atoms with Crippen molar-refractivity contribution in [2.24, 2.45) is 0 Å². The fraction of sp³-hybridized carbons (Fsp3) is 0.579. The van der Waals surface area contributed by atoms with Crippen LogP contribution in [0.25, 0.3) is 0 Å². The van der Waals surface area contributed by atoms with E-state index in [4.69, 9.17) is 0 Å². The van der Waals surface area contributed by atoms with Gasteiger partial charge in [-0.1, -0.05) is 6.92 Å². The Morgan fingerprint density at radius 1 is 1.04 bits per heavy atom. The summed E-state index contributed by atoms with van der Waals surface area (Å²) in [7, 11) is 0. The number of piperazine rings is 1. The first-order chi connectivity index (χ1) is 11.3. The van der Waals surface area contributed by atoms with Crippen molar-refractivity contribution in [3.8, 4) is 0 Å². The average Bonchev–Trinajstić information content (AvgIpc) is 2.60. The van der Waals surface area contributed by atoms with Crippen LogP contribution in [-0.4, -0.2) is 53.2 Å². The molecule has 2 rings (SSSR count). The molecule has 1 aromatic rings. The van der Waals surface area contributed by atoms with Crippen LogP contribution in [0, 0.1) is 5.82 Å². The first-order valence-electron chi connectivity index (χ1n) is 8.65. The van der Waals surface area contributed by atoms with Crippen molar-refractivity contribution in [3.63, 3.8) is 0 Å². The van der Waals surface area contributed by atoms with Gasteiger partial charge in [-0.05, 0) is 44.5 Å². The lowest BCUT2D eigenvalue weighted by atomic mass is 9.98. The summed E-state index contributed by atoms with van der Waals surface area (Å²) in [4.78, 5) is 28.6. The minimum absolute atomic E-state index is 0. The van der Waals surface area contributed by atoms with Crippen molar-refractivity contribution in [2.45, 2.75) is 45.6 Å². The van der Waals surface area contributed by atoms with Gasteiger partial charge in [0.15, 0.2) is 5.78 Å². The van der Waals surface area contributed by atoms with Crippen molar-refractivity contribution in [2.75, 3.05) is 26.2 Å². The van der Waals surface area contributed by atoms with E-state index in [1.54, 1.807) is 0 Å². The largest absolute Gasteiger partial charge is 0.340 e. The standard InChI is InChI=1S/C19H27FN2O2.ClH/c1-4-19(2,3)22-13-11-21(12-14-22)18(24)10-9-17(23)15-5-7-16(20)8-6-15;/h5-8H,4,9-14H2,1-3H3;1H. The smallest absolute Gasteiger partial charge is 0.223 e. The molecule has 0 saturated carbocycles. The van der Waals surface area contributed by atoms with Crippen LogP contribution >= 0.6 is 12.4 Å². The summed E-state index contributed by atoms with van der Waals surface area (Å²) in [5.41, 5.74) is 0.618. The van der Waals surface area contributed by atoms with Gasteiger partial charge in [0.25, 0.3) is 0 Å². The molecule has 1 aliphatic rings. The number of benzene rings is 1. The minimum atomic E-state index is -0.365. The highest BCUT2D eigenvalue weighted by Crippen LogP contribution is 2.20. The molecule has 1 amide bonds. The van der Waals surface area contributed by atoms with Gasteiger partial charge >= 0.3 is 0 Å². The van der Waals surface area contributed by atoms with E-state index in [9.17, 15) is 14.0 Å². The van der Waals surface area contributed by atoms with E-state index in [0.717, 1.165) is 19.5 Å². The second kappa shape index (κ2) is 9.30. The first kappa shape index (κ1) is 21.6. The number of rotatable bonds is 6. The van der Waals surface area contributed by atoms with E-state index in [2.05, 4.69) is 25.7 Å². The van der Waals surface area contributed by atoms with Crippen LogP contribution < -0.4 is 0 Å². The maximum absolute atomic E-state index is 12.9. The summed E-state index contributed by atoms with van der Waals surface area (Å²) in [6.07, 6.45) is 1.46. The Kier molecular flexibility index (Phi) is 8.03. The molecule has 0 spiro atoms. The van der Waals surface area contributed by atoms with Crippen molar-refractivity contribution in [1.82, 2.24) is 9.80 Å². The van der Waals surface area contributed by atoms with Gasteiger partial charge in [0.2, 0.25) is 5.91 Å². The number of amides is 1. The lowest BCUT2D eigenvalue weighted by Gasteiger charge is -2.43. The average molecular weight is 371 g/mol. The number of ketones is 1. The van der Waals surface area contributed by atoms with Crippen LogP contribution in [0.5, 0.6) is 0 Å². The Labute approximate surface area is 155 Å². The van der Waals surface area contributed by atoms with Gasteiger partial charge < -0.3 is 4.90 Å². The molecule has 1 aromatic carbocycles. The van der Waals surface area contributed by atoms with E-state index < -0.39 is 0 Å². The zero-order valence-electron chi connectivity index (χ0n) is 15.3. The van der Waals surface area contributed by atoms with E-state index in [0.29, 0.717) is 18.7 Å². The second-order valence-corrected chi connectivity index (χ2v) is 6.96. The number of hydrogen-bond acceptors (Lipinski definition) is 3. The van der Waals surface area contributed by atoms with Crippen molar-refractivity contribution in [3.05, 3.63) is 35.6 Å². The molecule has 25 heavy (non-hydrogen) atoms. The summed E-state index contributed by atoms with van der Waals surface area (Å²) in [5, 5.41) is 0. The first-order valence-corrected chi connectivity index (χ1v) is 8.65. The number of Topliss-reactive ketones (excluding diaryl/α,β-unsaturated/α-hetero) is 1. The molecule has 1 heterocycles. The number of carbonyl (C=O) groups excluding carboxylic acids is 2. The normalized spacial score (nSPS) is 15.6. The van der Waals surface area contributed by atoms with Crippen LogP contribution in [0.15, 0.2) is 24.3 Å². The molecule has 0 aromatic heterocycles. The Morgan fingerprint density at radius 3 is 2.12 bits per heavy atom. The third-order valence-corrected chi connectivity index (χ3v) is 5.09. The third-order valence-electron chi connectivity index (χ3n) is 5.09. The van der Waals surface area contributed by atoms with E-state index in [1.165, 1.54) is 24.3 Å². The molecule has 0 aliphatic carbocycles. The van der Waals surface area contributed by atoms with Crippen molar-refractivity contribution in [1.29, 1.82) is 0 Å². The van der Waals surface area contributed by atoms with Crippen LogP contribution in [0.4, 0.5) is 4.39 Å². The predicted molar refractivity (Wildman–Crippen MR) is 99.7 cm³/mol. The maximum atomic E-state index is 12.9. The molecular formula is C19H28ClFN2O2. The summed E-state index contributed by atoms with van der Waals surface area (Å²) in [5.74, 6) is -0.455. The summed E-state index contributed by atoms with van der Waals surface area (Å²) >= 11 is 0. The fourth-order valence-electron chi connectivity index (χ4n) is 2.94. The predicted octanol–water partition coefficient (Wildman–Crippen LogP) is 3.54. The Balaban J connectivity index is 0.00000312. The molecular weight excluding hydrogens is 343 g/mol. The third kappa shape index (κ3) is 5.79. The summed E-state index contributed by atoms with van der Waals surface area (Å²) in [6.45, 7) is 9.81. The van der Waals surface area contributed by atoms with Crippen LogP contribution in [0.1, 0.15) is 50.4 Å². The lowest BCUT2D eigenvalue weighted by Crippen LogP contribution is -2.55. The van der Waals surface area contributed by atoms with Crippen LogP contribution in [-0.2, 0) is 4.79 Å². The molecule has 0 radical (unpaired) electrons. The number of halogens is 2. The molecule has 6 heteroatoms. The monoisotopic (exact) mass is 370 g/mol. The quantitative estimate of drug-likeness (QED) is 0.719. The highest BCUT2D eigenvalue weighted by Gasteiger charge is 2.29. The number of hydrogen-bond donors (Lipinski definition) is 0.